The van der Waals surface area contributed by atoms with Gasteiger partial charge in [-0.05, 0) is 41.4 Å². The summed E-state index contributed by atoms with van der Waals surface area (Å²) in [5.74, 6) is 2.00. The van der Waals surface area contributed by atoms with Gasteiger partial charge in [0.05, 0.1) is 3.57 Å². The quantitative estimate of drug-likeness (QED) is 0.529. The average Bonchev–Trinajstić information content (AvgIpc) is 2.25. The number of hydrogen-bond acceptors (Lipinski definition) is 2. The highest BCUT2D eigenvalue weighted by Gasteiger charge is 2.24. The maximum atomic E-state index is 6.03. The summed E-state index contributed by atoms with van der Waals surface area (Å²) in [4.78, 5) is 8.71. The van der Waals surface area contributed by atoms with Crippen molar-refractivity contribution >= 4 is 45.8 Å². The summed E-state index contributed by atoms with van der Waals surface area (Å²) in [7, 11) is 0. The van der Waals surface area contributed by atoms with Crippen LogP contribution in [0.5, 0.6) is 0 Å². The van der Waals surface area contributed by atoms with E-state index in [-0.39, 0.29) is 0 Å². The molecule has 1 aliphatic carbocycles. The molecule has 0 N–H and O–H groups in total. The van der Waals surface area contributed by atoms with Crippen molar-refractivity contribution in [3.05, 3.63) is 19.7 Å². The predicted molar refractivity (Wildman–Crippen MR) is 75.1 cm³/mol. The zero-order valence-electron chi connectivity index (χ0n) is 9.01. The maximum absolute atomic E-state index is 6.03. The first-order chi connectivity index (χ1) is 7.58. The van der Waals surface area contributed by atoms with Gasteiger partial charge >= 0.3 is 0 Å². The van der Waals surface area contributed by atoms with E-state index in [1.54, 1.807) is 0 Å². The van der Waals surface area contributed by atoms with Crippen molar-refractivity contribution in [1.29, 1.82) is 0 Å². The number of hydrogen-bond donors (Lipinski definition) is 0. The van der Waals surface area contributed by atoms with Crippen LogP contribution >= 0.6 is 45.8 Å². The molecular weight excluding hydrogens is 358 g/mol. The summed E-state index contributed by atoms with van der Waals surface area (Å²) >= 11 is 14.1. The van der Waals surface area contributed by atoms with Gasteiger partial charge < -0.3 is 0 Å². The van der Waals surface area contributed by atoms with E-state index < -0.39 is 0 Å². The van der Waals surface area contributed by atoms with Crippen LogP contribution in [0.25, 0.3) is 0 Å². The fourth-order valence-corrected chi connectivity index (χ4v) is 2.90. The van der Waals surface area contributed by atoms with Crippen molar-refractivity contribution in [3.63, 3.8) is 0 Å². The number of rotatable bonds is 1. The van der Waals surface area contributed by atoms with E-state index in [1.807, 2.05) is 0 Å². The lowest BCUT2D eigenvalue weighted by molar-refractivity contribution is 0.335. The normalized spacial score (nSPS) is 25.8. The molecule has 0 aliphatic heterocycles. The van der Waals surface area contributed by atoms with Gasteiger partial charge in [-0.2, -0.15) is 0 Å². The Morgan fingerprint density at radius 1 is 1.19 bits per heavy atom. The Morgan fingerprint density at radius 2 is 1.81 bits per heavy atom. The molecule has 0 aromatic carbocycles. The third kappa shape index (κ3) is 2.79. The topological polar surface area (TPSA) is 25.8 Å². The minimum Gasteiger partial charge on any atom is -0.220 e. The van der Waals surface area contributed by atoms with Gasteiger partial charge in [-0.3, -0.25) is 0 Å². The van der Waals surface area contributed by atoms with Gasteiger partial charge in [0, 0.05) is 5.92 Å². The van der Waals surface area contributed by atoms with Crippen LogP contribution in [0.4, 0.5) is 0 Å². The van der Waals surface area contributed by atoms with Crippen LogP contribution in [-0.2, 0) is 0 Å². The highest BCUT2D eigenvalue weighted by molar-refractivity contribution is 14.1. The van der Waals surface area contributed by atoms with E-state index in [0.717, 1.165) is 28.2 Å². The summed E-state index contributed by atoms with van der Waals surface area (Å²) in [6.07, 6.45) is 4.85. The third-order valence-electron chi connectivity index (χ3n) is 3.09. The van der Waals surface area contributed by atoms with Gasteiger partial charge in [-0.25, -0.2) is 9.97 Å². The third-order valence-corrected chi connectivity index (χ3v) is 5.30. The van der Waals surface area contributed by atoms with E-state index in [9.17, 15) is 0 Å². The first-order valence-corrected chi connectivity index (χ1v) is 7.30. The van der Waals surface area contributed by atoms with Crippen molar-refractivity contribution in [2.24, 2.45) is 5.92 Å². The molecule has 2 nitrogen and oxygen atoms in total. The Hall–Kier alpha value is 0.390. The van der Waals surface area contributed by atoms with E-state index in [0.29, 0.717) is 16.2 Å². The fraction of sp³-hybridized carbons (Fsp3) is 0.636. The summed E-state index contributed by atoms with van der Waals surface area (Å²) in [5.41, 5.74) is 0. The zero-order chi connectivity index (χ0) is 11.7. The highest BCUT2D eigenvalue weighted by Crippen LogP contribution is 2.36. The molecule has 1 saturated carbocycles. The molecule has 0 amide bonds. The van der Waals surface area contributed by atoms with E-state index in [1.165, 1.54) is 12.8 Å². The van der Waals surface area contributed by atoms with E-state index in [4.69, 9.17) is 23.2 Å². The lowest BCUT2D eigenvalue weighted by Crippen LogP contribution is -2.14. The molecule has 0 saturated heterocycles. The SMILES string of the molecule is CC1CCCC(c2nc(Cl)c(I)c(Cl)n2)C1. The molecule has 0 spiro atoms. The van der Waals surface area contributed by atoms with Crippen molar-refractivity contribution < 1.29 is 0 Å². The molecule has 2 unspecified atom stereocenters. The van der Waals surface area contributed by atoms with Crippen LogP contribution in [0.15, 0.2) is 0 Å². The van der Waals surface area contributed by atoms with E-state index >= 15 is 0 Å². The number of halogens is 3. The Bertz CT molecular complexity index is 375. The van der Waals surface area contributed by atoms with Crippen LogP contribution < -0.4 is 0 Å². The van der Waals surface area contributed by atoms with Crippen molar-refractivity contribution in [2.75, 3.05) is 0 Å². The molecule has 0 bridgehead atoms. The molecular formula is C11H13Cl2IN2. The number of aromatic nitrogens is 2. The lowest BCUT2D eigenvalue weighted by Gasteiger charge is -2.25. The second-order valence-electron chi connectivity index (χ2n) is 4.45. The minimum absolute atomic E-state index is 0.427. The van der Waals surface area contributed by atoms with Crippen LogP contribution in [0.1, 0.15) is 44.3 Å². The van der Waals surface area contributed by atoms with Crippen LogP contribution in [0.2, 0.25) is 10.3 Å². The Kier molecular flexibility index (Phi) is 4.30. The molecule has 1 fully saturated rings. The van der Waals surface area contributed by atoms with Gasteiger partial charge in [0.25, 0.3) is 0 Å². The summed E-state index contributed by atoms with van der Waals surface area (Å²) in [5, 5.41) is 0.961. The molecule has 88 valence electrons. The molecule has 2 atom stereocenters. The number of nitrogens with zero attached hydrogens (tertiary/aromatic N) is 2. The summed E-state index contributed by atoms with van der Waals surface area (Å²) < 4.78 is 0.744. The molecule has 1 aromatic heterocycles. The Labute approximate surface area is 119 Å². The average molecular weight is 371 g/mol. The Morgan fingerprint density at radius 3 is 2.38 bits per heavy atom. The minimum atomic E-state index is 0.427. The molecule has 1 aromatic rings. The van der Waals surface area contributed by atoms with Gasteiger partial charge in [0.15, 0.2) is 0 Å². The smallest absolute Gasteiger partial charge is 0.147 e. The van der Waals surface area contributed by atoms with E-state index in [2.05, 4.69) is 39.5 Å². The largest absolute Gasteiger partial charge is 0.220 e. The van der Waals surface area contributed by atoms with Gasteiger partial charge in [-0.15, -0.1) is 0 Å². The second-order valence-corrected chi connectivity index (χ2v) is 6.24. The molecule has 0 radical (unpaired) electrons. The van der Waals surface area contributed by atoms with Crippen molar-refractivity contribution in [1.82, 2.24) is 9.97 Å². The van der Waals surface area contributed by atoms with Gasteiger partial charge in [0.1, 0.15) is 16.1 Å². The fourth-order valence-electron chi connectivity index (χ4n) is 2.26. The van der Waals surface area contributed by atoms with Crippen molar-refractivity contribution in [3.8, 4) is 0 Å². The summed E-state index contributed by atoms with van der Waals surface area (Å²) in [6.45, 7) is 2.28. The summed E-state index contributed by atoms with van der Waals surface area (Å²) in [6, 6.07) is 0. The molecule has 16 heavy (non-hydrogen) atoms. The first kappa shape index (κ1) is 12.8. The monoisotopic (exact) mass is 370 g/mol. The molecule has 1 aliphatic rings. The Balaban J connectivity index is 2.26. The van der Waals surface area contributed by atoms with Crippen molar-refractivity contribution in [2.45, 2.75) is 38.5 Å². The molecule has 1 heterocycles. The first-order valence-electron chi connectivity index (χ1n) is 5.46. The second kappa shape index (κ2) is 5.36. The molecule has 5 heteroatoms. The van der Waals surface area contributed by atoms with Gasteiger partial charge in [0.2, 0.25) is 0 Å². The van der Waals surface area contributed by atoms with Crippen LogP contribution in [0.3, 0.4) is 0 Å². The van der Waals surface area contributed by atoms with Gasteiger partial charge in [-0.1, -0.05) is 43.0 Å². The maximum Gasteiger partial charge on any atom is 0.147 e. The standard InChI is InChI=1S/C11H13Cl2IN2/c1-6-3-2-4-7(5-6)11-15-9(12)8(14)10(13)16-11/h6-7H,2-5H2,1H3. The highest BCUT2D eigenvalue weighted by atomic mass is 127. The van der Waals surface area contributed by atoms with Crippen LogP contribution in [0, 0.1) is 9.49 Å². The molecule has 2 rings (SSSR count). The predicted octanol–water partition coefficient (Wildman–Crippen LogP) is 4.68. The lowest BCUT2D eigenvalue weighted by atomic mass is 9.82. The van der Waals surface area contributed by atoms with Crippen LogP contribution in [-0.4, -0.2) is 9.97 Å². The zero-order valence-corrected chi connectivity index (χ0v) is 12.7.